The van der Waals surface area contributed by atoms with Crippen LogP contribution >= 0.6 is 11.3 Å². The molecule has 2 heterocycles. The summed E-state index contributed by atoms with van der Waals surface area (Å²) in [4.78, 5) is 12.6. The van der Waals surface area contributed by atoms with Crippen LogP contribution in [-0.4, -0.2) is 26.3 Å². The fourth-order valence-corrected chi connectivity index (χ4v) is 3.25. The summed E-state index contributed by atoms with van der Waals surface area (Å²) in [5.41, 5.74) is 8.02. The topological polar surface area (TPSA) is 110 Å². The highest BCUT2D eigenvalue weighted by Crippen LogP contribution is 2.39. The highest BCUT2D eigenvalue weighted by atomic mass is 32.1. The molecule has 1 aliphatic carbocycles. The van der Waals surface area contributed by atoms with Crippen LogP contribution in [0, 0.1) is 0 Å². The molecule has 7 nitrogen and oxygen atoms in total. The van der Waals surface area contributed by atoms with Crippen molar-refractivity contribution in [3.63, 3.8) is 0 Å². The molecule has 8 heteroatoms. The zero-order valence-corrected chi connectivity index (χ0v) is 13.6. The largest absolute Gasteiger partial charge is 0.374 e. The summed E-state index contributed by atoms with van der Waals surface area (Å²) in [7, 11) is 0. The molecule has 0 unspecified atom stereocenters. The molecule has 24 heavy (non-hydrogen) atoms. The van der Waals surface area contributed by atoms with Gasteiger partial charge in [-0.15, -0.1) is 10.2 Å². The van der Waals surface area contributed by atoms with Gasteiger partial charge < -0.3 is 11.1 Å². The maximum Gasteiger partial charge on any atom is 0.272 e. The van der Waals surface area contributed by atoms with Gasteiger partial charge in [0.15, 0.2) is 0 Å². The van der Waals surface area contributed by atoms with Crippen LogP contribution in [0.1, 0.15) is 51.6 Å². The van der Waals surface area contributed by atoms with Crippen molar-refractivity contribution in [2.45, 2.75) is 24.8 Å². The second-order valence-corrected chi connectivity index (χ2v) is 6.82. The highest BCUT2D eigenvalue weighted by molar-refractivity contribution is 7.15. The first kappa shape index (κ1) is 14.8. The smallest absolute Gasteiger partial charge is 0.272 e. The van der Waals surface area contributed by atoms with E-state index in [1.807, 2.05) is 36.4 Å². The van der Waals surface area contributed by atoms with E-state index in [-0.39, 0.29) is 5.91 Å². The lowest BCUT2D eigenvalue weighted by molar-refractivity contribution is 0.0937. The van der Waals surface area contributed by atoms with E-state index in [0.29, 0.717) is 21.8 Å². The molecule has 4 N–H and O–H groups in total. The molecule has 1 aliphatic rings. The number of H-pyrrole nitrogens is 1. The van der Waals surface area contributed by atoms with Gasteiger partial charge in [0.05, 0.1) is 0 Å². The molecule has 1 fully saturated rings. The number of nitrogens with zero attached hydrogens (tertiary/aromatic N) is 3. The number of amides is 1. The standard InChI is InChI=1S/C16H16N6OS/c17-16-22-21-15(24-16)13(10-4-2-1-3-5-10)18-14(23)12-8-11(19-20-12)9-6-7-9/h1-5,8-9,13H,6-7H2,(H2,17,22)(H,18,23)(H,19,20)/t13-/m0/s1. The van der Waals surface area contributed by atoms with Gasteiger partial charge in [0.1, 0.15) is 16.7 Å². The Balaban J connectivity index is 1.59. The lowest BCUT2D eigenvalue weighted by Crippen LogP contribution is -2.29. The summed E-state index contributed by atoms with van der Waals surface area (Å²) in [5.74, 6) is 0.271. The second kappa shape index (κ2) is 6.04. The number of nitrogens with one attached hydrogen (secondary N) is 2. The van der Waals surface area contributed by atoms with Gasteiger partial charge in [-0.25, -0.2) is 0 Å². The van der Waals surface area contributed by atoms with Crippen LogP contribution in [0.2, 0.25) is 0 Å². The van der Waals surface area contributed by atoms with E-state index >= 15 is 0 Å². The third kappa shape index (κ3) is 3.00. The van der Waals surface area contributed by atoms with E-state index in [4.69, 9.17) is 5.73 Å². The van der Waals surface area contributed by atoms with E-state index in [2.05, 4.69) is 25.7 Å². The summed E-state index contributed by atoms with van der Waals surface area (Å²) in [5, 5.41) is 19.0. The van der Waals surface area contributed by atoms with E-state index in [1.54, 1.807) is 0 Å². The maximum absolute atomic E-state index is 12.6. The average molecular weight is 340 g/mol. The quantitative estimate of drug-likeness (QED) is 0.660. The van der Waals surface area contributed by atoms with Gasteiger partial charge in [-0.3, -0.25) is 9.89 Å². The van der Waals surface area contributed by atoms with Crippen LogP contribution in [0.15, 0.2) is 36.4 Å². The molecule has 1 atom stereocenters. The molecule has 0 aliphatic heterocycles. The highest BCUT2D eigenvalue weighted by Gasteiger charge is 2.27. The number of aromatic amines is 1. The van der Waals surface area contributed by atoms with Crippen LogP contribution in [0.3, 0.4) is 0 Å². The van der Waals surface area contributed by atoms with Gasteiger partial charge >= 0.3 is 0 Å². The summed E-state index contributed by atoms with van der Waals surface area (Å²) in [6, 6.07) is 11.0. The minimum absolute atomic E-state index is 0.249. The van der Waals surface area contributed by atoms with Crippen molar-refractivity contribution >= 4 is 22.4 Å². The Morgan fingerprint density at radius 3 is 2.75 bits per heavy atom. The molecule has 2 aromatic heterocycles. The van der Waals surface area contributed by atoms with Crippen LogP contribution in [0.5, 0.6) is 0 Å². The van der Waals surface area contributed by atoms with Gasteiger partial charge in [0.25, 0.3) is 5.91 Å². The molecule has 4 rings (SSSR count). The number of carbonyl (C=O) groups excluding carboxylic acids is 1. The Morgan fingerprint density at radius 1 is 1.29 bits per heavy atom. The number of anilines is 1. The van der Waals surface area contributed by atoms with Crippen molar-refractivity contribution in [2.24, 2.45) is 0 Å². The second-order valence-electron chi connectivity index (χ2n) is 5.78. The average Bonchev–Trinajstić information content (AvgIpc) is 3.17. The van der Waals surface area contributed by atoms with Crippen LogP contribution in [0.4, 0.5) is 5.13 Å². The first-order valence-corrected chi connectivity index (χ1v) is 8.52. The number of carbonyl (C=O) groups is 1. The predicted octanol–water partition coefficient (Wildman–Crippen LogP) is 2.24. The Hall–Kier alpha value is -2.74. The first-order valence-electron chi connectivity index (χ1n) is 7.70. The lowest BCUT2D eigenvalue weighted by Gasteiger charge is -2.15. The Morgan fingerprint density at radius 2 is 2.08 bits per heavy atom. The van der Waals surface area contributed by atoms with E-state index in [9.17, 15) is 4.79 Å². The summed E-state index contributed by atoms with van der Waals surface area (Å²) in [6.07, 6.45) is 2.31. The summed E-state index contributed by atoms with van der Waals surface area (Å²) in [6.45, 7) is 0. The monoisotopic (exact) mass is 340 g/mol. The van der Waals surface area contributed by atoms with Crippen molar-refractivity contribution in [1.82, 2.24) is 25.7 Å². The Bertz CT molecular complexity index is 854. The fraction of sp³-hybridized carbons (Fsp3) is 0.250. The SMILES string of the molecule is Nc1nnc([C@@H](NC(=O)c2cc(C3CC3)[nH]n2)c2ccccc2)s1. The molecule has 1 aromatic carbocycles. The van der Waals surface area contributed by atoms with E-state index < -0.39 is 6.04 Å². The first-order chi connectivity index (χ1) is 11.7. The molecule has 1 amide bonds. The molecule has 0 saturated heterocycles. The molecule has 122 valence electrons. The summed E-state index contributed by atoms with van der Waals surface area (Å²) >= 11 is 1.26. The number of hydrogen-bond acceptors (Lipinski definition) is 6. The molecule has 0 bridgehead atoms. The van der Waals surface area contributed by atoms with Gasteiger partial charge in [0.2, 0.25) is 5.13 Å². The normalized spacial score (nSPS) is 15.2. The zero-order valence-electron chi connectivity index (χ0n) is 12.8. The third-order valence-electron chi connectivity index (χ3n) is 3.96. The van der Waals surface area contributed by atoms with Crippen LogP contribution in [0.25, 0.3) is 0 Å². The minimum atomic E-state index is -0.408. The fourth-order valence-electron chi connectivity index (χ4n) is 2.56. The number of nitrogen functional groups attached to an aromatic ring is 1. The number of hydrogen-bond donors (Lipinski definition) is 3. The number of nitrogens with two attached hydrogens (primary N) is 1. The lowest BCUT2D eigenvalue weighted by atomic mass is 10.1. The van der Waals surface area contributed by atoms with Crippen molar-refractivity contribution in [2.75, 3.05) is 5.73 Å². The van der Waals surface area contributed by atoms with Gasteiger partial charge in [-0.2, -0.15) is 5.10 Å². The van der Waals surface area contributed by atoms with Gasteiger partial charge in [-0.1, -0.05) is 41.7 Å². The molecular weight excluding hydrogens is 324 g/mol. The molecule has 1 saturated carbocycles. The zero-order chi connectivity index (χ0) is 16.5. The molecular formula is C16H16N6OS. The van der Waals surface area contributed by atoms with Crippen LogP contribution < -0.4 is 11.1 Å². The number of aromatic nitrogens is 4. The Kier molecular flexibility index (Phi) is 3.73. The Labute approximate surface area is 142 Å². The van der Waals surface area contributed by atoms with Crippen molar-refractivity contribution < 1.29 is 4.79 Å². The van der Waals surface area contributed by atoms with Crippen molar-refractivity contribution in [3.05, 3.63) is 58.4 Å². The van der Waals surface area contributed by atoms with Gasteiger partial charge in [0, 0.05) is 11.6 Å². The number of benzene rings is 1. The van der Waals surface area contributed by atoms with E-state index in [0.717, 1.165) is 24.1 Å². The predicted molar refractivity (Wildman–Crippen MR) is 90.6 cm³/mol. The van der Waals surface area contributed by atoms with Crippen LogP contribution in [-0.2, 0) is 0 Å². The summed E-state index contributed by atoms with van der Waals surface area (Å²) < 4.78 is 0. The number of rotatable bonds is 5. The van der Waals surface area contributed by atoms with Crippen molar-refractivity contribution in [3.8, 4) is 0 Å². The van der Waals surface area contributed by atoms with Gasteiger partial charge in [-0.05, 0) is 24.5 Å². The molecule has 3 aromatic rings. The molecule has 0 radical (unpaired) electrons. The minimum Gasteiger partial charge on any atom is -0.374 e. The molecule has 0 spiro atoms. The maximum atomic E-state index is 12.6. The van der Waals surface area contributed by atoms with Crippen molar-refractivity contribution in [1.29, 1.82) is 0 Å². The van der Waals surface area contributed by atoms with E-state index in [1.165, 1.54) is 11.3 Å². The third-order valence-corrected chi connectivity index (χ3v) is 4.78.